The van der Waals surface area contributed by atoms with E-state index in [2.05, 4.69) is 102 Å². The first kappa shape index (κ1) is 22.1. The van der Waals surface area contributed by atoms with Crippen LogP contribution < -0.4 is 0 Å². The Morgan fingerprint density at radius 2 is 1.04 bits per heavy atom. The van der Waals surface area contributed by atoms with Gasteiger partial charge in [0.25, 0.3) is 0 Å². The highest BCUT2D eigenvalue weighted by atomic mass is 32.2. The van der Waals surface area contributed by atoms with Crippen molar-refractivity contribution in [1.29, 1.82) is 0 Å². The molecule has 0 aromatic carbocycles. The first-order valence-corrected chi connectivity index (χ1v) is 13.2. The fourth-order valence-corrected chi connectivity index (χ4v) is 8.46. The zero-order chi connectivity index (χ0) is 17.6. The van der Waals surface area contributed by atoms with Crippen LogP contribution in [0, 0.1) is 13.8 Å². The molecule has 1 aromatic rings. The van der Waals surface area contributed by atoms with Crippen molar-refractivity contribution in [2.45, 2.75) is 86.2 Å². The highest BCUT2D eigenvalue weighted by Crippen LogP contribution is 2.46. The third kappa shape index (κ3) is 6.73. The molecule has 0 aliphatic carbocycles. The number of aryl methyl sites for hydroxylation is 2. The zero-order valence-corrected chi connectivity index (χ0v) is 19.8. The molecule has 0 nitrogen and oxygen atoms in total. The molecule has 0 amide bonds. The molecular weight excluding hydrogens is 377 g/mol. The number of hydrogen-bond donors (Lipinski definition) is 0. The van der Waals surface area contributed by atoms with E-state index in [1.54, 1.807) is 9.79 Å². The first-order chi connectivity index (χ1) is 10.8. The van der Waals surface area contributed by atoms with Gasteiger partial charge in [0.15, 0.2) is 0 Å². The highest BCUT2D eigenvalue weighted by Gasteiger charge is 2.23. The van der Waals surface area contributed by atoms with Gasteiger partial charge in [-0.25, -0.2) is 0 Å². The molecule has 0 saturated carbocycles. The van der Waals surface area contributed by atoms with Crippen molar-refractivity contribution >= 4 is 58.4 Å². The zero-order valence-electron chi connectivity index (χ0n) is 15.8. The maximum Gasteiger partial charge on any atom is 0.0351 e. The van der Waals surface area contributed by atoms with Crippen LogP contribution in [0.4, 0.5) is 0 Å². The molecule has 0 radical (unpaired) electrons. The van der Waals surface area contributed by atoms with Gasteiger partial charge in [-0.3, -0.25) is 0 Å². The summed E-state index contributed by atoms with van der Waals surface area (Å²) in [5, 5.41) is 2.72. The quantitative estimate of drug-likeness (QED) is 0.365. The molecule has 4 atom stereocenters. The fraction of sp³-hybridized carbons (Fsp3) is 0.778. The van der Waals surface area contributed by atoms with E-state index in [-0.39, 0.29) is 0 Å². The summed E-state index contributed by atoms with van der Waals surface area (Å²) in [6.45, 7) is 18.6. The Balaban J connectivity index is 2.88. The minimum Gasteiger partial charge on any atom is -0.158 e. The van der Waals surface area contributed by atoms with Gasteiger partial charge in [0.2, 0.25) is 0 Å². The Bertz CT molecular complexity index is 428. The monoisotopic (exact) mass is 408 g/mol. The van der Waals surface area contributed by atoms with Crippen LogP contribution in [-0.4, -0.2) is 32.5 Å². The van der Waals surface area contributed by atoms with Crippen molar-refractivity contribution in [3.8, 4) is 0 Å². The Morgan fingerprint density at radius 1 is 0.696 bits per heavy atom. The van der Waals surface area contributed by atoms with Crippen molar-refractivity contribution in [2.24, 2.45) is 0 Å². The summed E-state index contributed by atoms with van der Waals surface area (Å²) in [4.78, 5) is 6.10. The Morgan fingerprint density at radius 3 is 1.35 bits per heavy atom. The van der Waals surface area contributed by atoms with Crippen molar-refractivity contribution in [3.63, 3.8) is 0 Å². The number of thiophene rings is 1. The Kier molecular flexibility index (Phi) is 10.5. The maximum atomic E-state index is 2.39. The summed E-state index contributed by atoms with van der Waals surface area (Å²) in [5.74, 6) is 2.41. The largest absolute Gasteiger partial charge is 0.158 e. The molecular formula is C18H32S5. The summed E-state index contributed by atoms with van der Waals surface area (Å²) in [5.41, 5.74) is 0. The van der Waals surface area contributed by atoms with Crippen LogP contribution in [0.3, 0.4) is 0 Å². The van der Waals surface area contributed by atoms with E-state index in [0.717, 1.165) is 0 Å². The average molecular weight is 409 g/mol. The SMILES string of the molecule is CCSC(C)C(C)Sc1c(C)sc(C)c1SC(C)C(C)SCC. The molecule has 4 unspecified atom stereocenters. The molecule has 0 aliphatic rings. The van der Waals surface area contributed by atoms with E-state index in [1.165, 1.54) is 21.3 Å². The smallest absolute Gasteiger partial charge is 0.0351 e. The standard InChI is InChI=1S/C18H32S5/c1-9-19-11(3)13(5)22-17-15(7)21-16(8)18(17)23-14(6)12(4)20-10-2/h11-14H,9-10H2,1-8H3. The second-order valence-corrected chi connectivity index (χ2v) is 13.4. The molecule has 5 heteroatoms. The molecule has 0 fully saturated rings. The third-order valence-electron chi connectivity index (χ3n) is 3.94. The topological polar surface area (TPSA) is 0 Å². The van der Waals surface area contributed by atoms with Gasteiger partial charge in [-0.05, 0) is 25.4 Å². The highest BCUT2D eigenvalue weighted by molar-refractivity contribution is 8.06. The average Bonchev–Trinajstić information content (AvgIpc) is 2.74. The van der Waals surface area contributed by atoms with Crippen molar-refractivity contribution in [1.82, 2.24) is 0 Å². The fourth-order valence-electron chi connectivity index (χ4n) is 2.28. The molecule has 1 heterocycles. The van der Waals surface area contributed by atoms with E-state index in [0.29, 0.717) is 21.0 Å². The molecule has 0 N–H and O–H groups in total. The van der Waals surface area contributed by atoms with E-state index < -0.39 is 0 Å². The molecule has 1 aromatic heterocycles. The van der Waals surface area contributed by atoms with Gasteiger partial charge in [-0.15, -0.1) is 34.9 Å². The summed E-state index contributed by atoms with van der Waals surface area (Å²) < 4.78 is 0. The van der Waals surface area contributed by atoms with Gasteiger partial charge in [-0.2, -0.15) is 23.5 Å². The number of rotatable bonds is 10. The molecule has 1 rings (SSSR count). The summed E-state index contributed by atoms with van der Waals surface area (Å²) in [6.07, 6.45) is 0. The van der Waals surface area contributed by atoms with Gasteiger partial charge in [0.1, 0.15) is 0 Å². The lowest BCUT2D eigenvalue weighted by atomic mass is 10.4. The van der Waals surface area contributed by atoms with Crippen molar-refractivity contribution in [2.75, 3.05) is 11.5 Å². The van der Waals surface area contributed by atoms with Crippen LogP contribution in [-0.2, 0) is 0 Å². The molecule has 23 heavy (non-hydrogen) atoms. The summed E-state index contributed by atoms with van der Waals surface area (Å²) >= 11 is 10.3. The van der Waals surface area contributed by atoms with Crippen LogP contribution in [0.15, 0.2) is 9.79 Å². The van der Waals surface area contributed by atoms with Gasteiger partial charge < -0.3 is 0 Å². The first-order valence-electron chi connectivity index (χ1n) is 8.48. The lowest BCUT2D eigenvalue weighted by molar-refractivity contribution is 0.916. The normalized spacial score (nSPS) is 17.0. The predicted octanol–water partition coefficient (Wildman–Crippen LogP) is 7.61. The van der Waals surface area contributed by atoms with E-state index in [4.69, 9.17) is 0 Å². The molecule has 0 saturated heterocycles. The van der Waals surface area contributed by atoms with Crippen LogP contribution in [0.5, 0.6) is 0 Å². The third-order valence-corrected chi connectivity index (χ3v) is 11.3. The van der Waals surface area contributed by atoms with Crippen LogP contribution >= 0.6 is 58.4 Å². The van der Waals surface area contributed by atoms with Crippen LogP contribution in [0.2, 0.25) is 0 Å². The number of hydrogen-bond acceptors (Lipinski definition) is 5. The van der Waals surface area contributed by atoms with E-state index in [1.807, 2.05) is 11.3 Å². The molecule has 134 valence electrons. The second kappa shape index (κ2) is 10.9. The predicted molar refractivity (Wildman–Crippen MR) is 120 cm³/mol. The van der Waals surface area contributed by atoms with E-state index in [9.17, 15) is 0 Å². The summed E-state index contributed by atoms with van der Waals surface area (Å²) in [7, 11) is 0. The van der Waals surface area contributed by atoms with Crippen molar-refractivity contribution < 1.29 is 0 Å². The number of thioether (sulfide) groups is 4. The van der Waals surface area contributed by atoms with Gasteiger partial charge in [-0.1, -0.05) is 41.5 Å². The minimum atomic E-state index is 0.657. The molecule has 0 bridgehead atoms. The van der Waals surface area contributed by atoms with Crippen molar-refractivity contribution in [3.05, 3.63) is 9.75 Å². The van der Waals surface area contributed by atoms with E-state index >= 15 is 0 Å². The second-order valence-electron chi connectivity index (χ2n) is 5.84. The molecule has 0 spiro atoms. The summed E-state index contributed by atoms with van der Waals surface area (Å²) in [6, 6.07) is 0. The Hall–Kier alpha value is 1.10. The lowest BCUT2D eigenvalue weighted by Crippen LogP contribution is -2.14. The van der Waals surface area contributed by atoms with Gasteiger partial charge in [0.05, 0.1) is 0 Å². The molecule has 0 aliphatic heterocycles. The minimum absolute atomic E-state index is 0.657. The van der Waals surface area contributed by atoms with Crippen LogP contribution in [0.1, 0.15) is 51.3 Å². The van der Waals surface area contributed by atoms with Gasteiger partial charge in [0, 0.05) is 40.5 Å². The van der Waals surface area contributed by atoms with Gasteiger partial charge >= 0.3 is 0 Å². The lowest BCUT2D eigenvalue weighted by Gasteiger charge is -2.22. The van der Waals surface area contributed by atoms with Crippen LogP contribution in [0.25, 0.3) is 0 Å². The maximum absolute atomic E-state index is 2.39. The Labute approximate surface area is 165 Å².